The fraction of sp³-hybridized carbons (Fsp3) is 0.353. The van der Waals surface area contributed by atoms with Gasteiger partial charge in [0.1, 0.15) is 11.6 Å². The van der Waals surface area contributed by atoms with E-state index in [1.165, 1.54) is 5.56 Å². The molecule has 1 aromatic carbocycles. The molecule has 0 unspecified atom stereocenters. The third kappa shape index (κ3) is 9.04. The molecule has 1 N–H and O–H groups in total. The van der Waals surface area contributed by atoms with Crippen LogP contribution in [0.5, 0.6) is 5.75 Å². The smallest absolute Gasteiger partial charge is 0.254 e. The highest BCUT2D eigenvalue weighted by molar-refractivity contribution is 7.66. The molecule has 0 spiro atoms. The number of aromatic nitrogens is 1. The van der Waals surface area contributed by atoms with Gasteiger partial charge in [-0.05, 0) is 43.9 Å². The van der Waals surface area contributed by atoms with E-state index in [9.17, 15) is 0 Å². The van der Waals surface area contributed by atoms with Gasteiger partial charge in [-0.1, -0.05) is 18.2 Å². The molecule has 0 atom stereocenters. The van der Waals surface area contributed by atoms with Crippen molar-refractivity contribution in [2.45, 2.75) is 6.54 Å². The lowest BCUT2D eigenvalue weighted by Crippen LogP contribution is -2.31. The Labute approximate surface area is 150 Å². The highest BCUT2D eigenvalue weighted by Gasteiger charge is 2.09. The van der Waals surface area contributed by atoms with Gasteiger partial charge < -0.3 is 14.5 Å². The van der Waals surface area contributed by atoms with Crippen molar-refractivity contribution in [3.63, 3.8) is 0 Å². The molecular weight excluding hydrogens is 342 g/mol. The van der Waals surface area contributed by atoms with E-state index in [1.54, 1.807) is 7.11 Å². The van der Waals surface area contributed by atoms with Crippen molar-refractivity contribution in [1.82, 2.24) is 9.88 Å². The van der Waals surface area contributed by atoms with Crippen LogP contribution >= 0.6 is 0 Å². The van der Waals surface area contributed by atoms with E-state index >= 15 is 0 Å². The maximum absolute atomic E-state index is 8.59. The first-order valence-corrected chi connectivity index (χ1v) is 8.82. The largest absolute Gasteiger partial charge is 0.497 e. The molecule has 138 valence electrons. The topological polar surface area (TPSA) is 83.0 Å². The Kier molecular flexibility index (Phi) is 9.53. The van der Waals surface area contributed by atoms with Gasteiger partial charge in [-0.15, -0.1) is 0 Å². The number of hydrogen-bond acceptors (Lipinski definition) is 6. The zero-order valence-corrected chi connectivity index (χ0v) is 15.6. The van der Waals surface area contributed by atoms with Gasteiger partial charge in [0, 0.05) is 25.8 Å². The molecule has 7 nitrogen and oxygen atoms in total. The average Bonchev–Trinajstić information content (AvgIpc) is 2.59. The summed E-state index contributed by atoms with van der Waals surface area (Å²) < 4.78 is 29.4. The van der Waals surface area contributed by atoms with Crippen LogP contribution in [0.3, 0.4) is 0 Å². The predicted molar refractivity (Wildman–Crippen MR) is 99.8 cm³/mol. The Balaban J connectivity index is 0.000000705. The van der Waals surface area contributed by atoms with Crippen LogP contribution in [0.2, 0.25) is 0 Å². The Morgan fingerprint density at radius 1 is 1.08 bits per heavy atom. The Hall–Kier alpha value is -2.16. The number of hydrogen-bond donors (Lipinski definition) is 2. The van der Waals surface area contributed by atoms with E-state index in [-0.39, 0.29) is 0 Å². The van der Waals surface area contributed by atoms with E-state index in [1.807, 2.05) is 30.5 Å². The van der Waals surface area contributed by atoms with Gasteiger partial charge in [-0.2, -0.15) is 0 Å². The molecule has 0 saturated heterocycles. The lowest BCUT2D eigenvalue weighted by atomic mass is 10.2. The van der Waals surface area contributed by atoms with Crippen LogP contribution in [0, 0.1) is 0 Å². The third-order valence-corrected chi connectivity index (χ3v) is 3.32. The Bertz CT molecular complexity index is 668. The van der Waals surface area contributed by atoms with Gasteiger partial charge in [0.25, 0.3) is 11.0 Å². The summed E-state index contributed by atoms with van der Waals surface area (Å²) in [5.74, 6) is 1.89. The third-order valence-electron chi connectivity index (χ3n) is 3.32. The number of pyridine rings is 1. The lowest BCUT2D eigenvalue weighted by molar-refractivity contribution is 0.411. The van der Waals surface area contributed by atoms with Gasteiger partial charge in [0.15, 0.2) is 0 Å². The molecule has 0 radical (unpaired) electrons. The first-order valence-electron chi connectivity index (χ1n) is 7.69. The normalized spacial score (nSPS) is 10.3. The molecule has 0 amide bonds. The summed E-state index contributed by atoms with van der Waals surface area (Å²) in [4.78, 5) is 8.95. The summed E-state index contributed by atoms with van der Waals surface area (Å²) in [5.41, 5.74) is 1.25. The molecular formula is C17H25N3O4S. The van der Waals surface area contributed by atoms with Crippen molar-refractivity contribution in [3.8, 4) is 5.75 Å². The summed E-state index contributed by atoms with van der Waals surface area (Å²) in [6, 6.07) is 14.2. The molecule has 8 heteroatoms. The first-order chi connectivity index (χ1) is 11.9. The van der Waals surface area contributed by atoms with Crippen molar-refractivity contribution in [1.29, 1.82) is 0 Å². The van der Waals surface area contributed by atoms with Gasteiger partial charge in [0.2, 0.25) is 0 Å². The predicted octanol–water partition coefficient (Wildman–Crippen LogP) is 1.73. The molecule has 0 aliphatic rings. The van der Waals surface area contributed by atoms with Crippen molar-refractivity contribution >= 4 is 16.8 Å². The first kappa shape index (κ1) is 20.9. The molecule has 0 bridgehead atoms. The number of nitrogens with zero attached hydrogens (tertiary/aromatic N) is 3. The summed E-state index contributed by atoms with van der Waals surface area (Å²) in [6.45, 7) is 2.78. The van der Waals surface area contributed by atoms with E-state index in [0.717, 1.165) is 31.2 Å². The number of rotatable bonds is 7. The molecule has 25 heavy (non-hydrogen) atoms. The van der Waals surface area contributed by atoms with Crippen LogP contribution in [0.15, 0.2) is 48.7 Å². The van der Waals surface area contributed by atoms with Crippen LogP contribution in [-0.2, 0) is 17.5 Å². The van der Waals surface area contributed by atoms with Crippen LogP contribution in [-0.4, -0.2) is 57.1 Å². The molecule has 2 aromatic rings. The van der Waals surface area contributed by atoms with E-state index in [2.05, 4.69) is 47.1 Å². The maximum atomic E-state index is 8.59. The maximum Gasteiger partial charge on any atom is 0.254 e. The van der Waals surface area contributed by atoms with E-state index in [0.29, 0.717) is 0 Å². The standard InChI is InChI=1S/C17H23N3O.H2O3S/c1-19(2)12-13-20(17-6-4-5-11-18-17)14-15-7-9-16(21-3)10-8-15;1-4(2)3/h4-11H,12-14H2,1-3H3;4H,(H,1,2,3). The quantitative estimate of drug-likeness (QED) is 0.570. The molecule has 0 aliphatic heterocycles. The van der Waals surface area contributed by atoms with Crippen LogP contribution in [0.4, 0.5) is 5.82 Å². The Morgan fingerprint density at radius 3 is 2.20 bits per heavy atom. The van der Waals surface area contributed by atoms with E-state index < -0.39 is 11.0 Å². The molecule has 1 heterocycles. The second-order valence-corrected chi connectivity index (χ2v) is 5.97. The zero-order valence-electron chi connectivity index (χ0n) is 14.7. The van der Waals surface area contributed by atoms with Crippen LogP contribution < -0.4 is 9.64 Å². The van der Waals surface area contributed by atoms with Crippen molar-refractivity contribution in [2.24, 2.45) is 0 Å². The number of likely N-dealkylation sites (N-methyl/N-ethyl adjacent to an activating group) is 1. The fourth-order valence-electron chi connectivity index (χ4n) is 2.09. The summed E-state index contributed by atoms with van der Waals surface area (Å²) >= 11 is 0. The van der Waals surface area contributed by atoms with Crippen molar-refractivity contribution < 1.29 is 17.7 Å². The fourth-order valence-corrected chi connectivity index (χ4v) is 2.09. The van der Waals surface area contributed by atoms with Gasteiger partial charge in [-0.25, -0.2) is 13.4 Å². The number of methoxy groups -OCH3 is 1. The lowest BCUT2D eigenvalue weighted by Gasteiger charge is -2.25. The van der Waals surface area contributed by atoms with Crippen molar-refractivity contribution in [2.75, 3.05) is 39.2 Å². The van der Waals surface area contributed by atoms with Crippen molar-refractivity contribution in [3.05, 3.63) is 54.2 Å². The summed E-state index contributed by atoms with van der Waals surface area (Å²) in [7, 11) is 2.74. The summed E-state index contributed by atoms with van der Waals surface area (Å²) in [6.07, 6.45) is 1.84. The SMILES string of the molecule is COc1ccc(CN(CCN(C)C)c2ccccn2)cc1.O=[SH](=O)O. The average molecular weight is 367 g/mol. The number of anilines is 1. The number of ether oxygens (including phenoxy) is 1. The highest BCUT2D eigenvalue weighted by Crippen LogP contribution is 2.16. The second-order valence-electron chi connectivity index (χ2n) is 5.50. The van der Waals surface area contributed by atoms with Crippen LogP contribution in [0.25, 0.3) is 0 Å². The monoisotopic (exact) mass is 367 g/mol. The second kappa shape index (κ2) is 11.4. The zero-order chi connectivity index (χ0) is 18.7. The van der Waals surface area contributed by atoms with Gasteiger partial charge >= 0.3 is 0 Å². The van der Waals surface area contributed by atoms with Gasteiger partial charge in [0.05, 0.1) is 7.11 Å². The molecule has 0 saturated carbocycles. The molecule has 1 aromatic heterocycles. The summed E-state index contributed by atoms with van der Waals surface area (Å²) in [5, 5.41) is 0. The highest BCUT2D eigenvalue weighted by atomic mass is 32.2. The van der Waals surface area contributed by atoms with Crippen LogP contribution in [0.1, 0.15) is 5.56 Å². The minimum atomic E-state index is -3.12. The number of benzene rings is 1. The molecule has 2 rings (SSSR count). The molecule has 0 aliphatic carbocycles. The minimum Gasteiger partial charge on any atom is -0.497 e. The molecule has 0 fully saturated rings. The van der Waals surface area contributed by atoms with E-state index in [4.69, 9.17) is 17.7 Å². The van der Waals surface area contributed by atoms with Gasteiger partial charge in [-0.3, -0.25) is 4.55 Å². The number of thiol groups is 1. The minimum absolute atomic E-state index is 0.842. The Morgan fingerprint density at radius 2 is 1.72 bits per heavy atom.